The van der Waals surface area contributed by atoms with E-state index in [2.05, 4.69) is 5.32 Å². The Bertz CT molecular complexity index is 426. The van der Waals surface area contributed by atoms with E-state index < -0.39 is 0 Å². The standard InChI is InChI=1S/C13H17FN2O/c14-11-6-12(15)13(17-9-1-2-9)5-10(11)8-3-4-16-7-8/h5-6,8-9,16H,1-4,7,15H2. The predicted molar refractivity (Wildman–Crippen MR) is 64.7 cm³/mol. The number of nitrogens with one attached hydrogen (secondary N) is 1. The monoisotopic (exact) mass is 236 g/mol. The van der Waals surface area contributed by atoms with Gasteiger partial charge in [0.1, 0.15) is 11.6 Å². The summed E-state index contributed by atoms with van der Waals surface area (Å²) in [6.07, 6.45) is 3.43. The van der Waals surface area contributed by atoms with E-state index in [-0.39, 0.29) is 17.8 Å². The third kappa shape index (κ3) is 2.22. The van der Waals surface area contributed by atoms with E-state index in [1.807, 2.05) is 0 Å². The highest BCUT2D eigenvalue weighted by atomic mass is 19.1. The summed E-state index contributed by atoms with van der Waals surface area (Å²) in [6.45, 7) is 1.79. The Balaban J connectivity index is 1.89. The van der Waals surface area contributed by atoms with Gasteiger partial charge in [0.15, 0.2) is 0 Å². The molecular formula is C13H17FN2O. The molecule has 0 radical (unpaired) electrons. The summed E-state index contributed by atoms with van der Waals surface area (Å²) in [5.41, 5.74) is 6.93. The Kier molecular flexibility index (Phi) is 2.67. The molecule has 4 heteroatoms. The van der Waals surface area contributed by atoms with Gasteiger partial charge in [0.2, 0.25) is 0 Å². The van der Waals surface area contributed by atoms with Crippen LogP contribution in [0.1, 0.15) is 30.7 Å². The lowest BCUT2D eigenvalue weighted by Crippen LogP contribution is -2.10. The highest BCUT2D eigenvalue weighted by Crippen LogP contribution is 2.35. The molecule has 0 spiro atoms. The first kappa shape index (κ1) is 10.8. The molecule has 2 fully saturated rings. The van der Waals surface area contributed by atoms with Crippen molar-refractivity contribution in [2.75, 3.05) is 18.8 Å². The fraction of sp³-hybridized carbons (Fsp3) is 0.538. The van der Waals surface area contributed by atoms with E-state index in [9.17, 15) is 4.39 Å². The second-order valence-electron chi connectivity index (χ2n) is 4.92. The van der Waals surface area contributed by atoms with Crippen LogP contribution in [0.3, 0.4) is 0 Å². The number of rotatable bonds is 3. The first-order chi connectivity index (χ1) is 8.24. The molecule has 17 heavy (non-hydrogen) atoms. The van der Waals surface area contributed by atoms with E-state index in [1.165, 1.54) is 6.07 Å². The molecule has 2 aliphatic rings. The van der Waals surface area contributed by atoms with Crippen molar-refractivity contribution in [1.82, 2.24) is 5.32 Å². The Hall–Kier alpha value is -1.29. The van der Waals surface area contributed by atoms with E-state index in [4.69, 9.17) is 10.5 Å². The molecule has 1 aromatic carbocycles. The summed E-state index contributed by atoms with van der Waals surface area (Å²) in [6, 6.07) is 3.19. The Morgan fingerprint density at radius 1 is 1.29 bits per heavy atom. The molecule has 0 aromatic heterocycles. The number of hydrogen-bond donors (Lipinski definition) is 2. The topological polar surface area (TPSA) is 47.3 Å². The summed E-state index contributed by atoms with van der Waals surface area (Å²) < 4.78 is 19.6. The fourth-order valence-electron chi connectivity index (χ4n) is 2.28. The van der Waals surface area contributed by atoms with Crippen molar-refractivity contribution >= 4 is 5.69 Å². The number of anilines is 1. The lowest BCUT2D eigenvalue weighted by atomic mass is 9.97. The maximum absolute atomic E-state index is 13.9. The zero-order chi connectivity index (χ0) is 11.8. The molecule has 1 unspecified atom stereocenters. The van der Waals surface area contributed by atoms with Crippen molar-refractivity contribution in [3.05, 3.63) is 23.5 Å². The molecular weight excluding hydrogens is 219 g/mol. The van der Waals surface area contributed by atoms with Crippen LogP contribution in [-0.4, -0.2) is 19.2 Å². The molecule has 1 atom stereocenters. The third-order valence-corrected chi connectivity index (χ3v) is 3.45. The second kappa shape index (κ2) is 4.18. The number of nitrogens with two attached hydrogens (primary N) is 1. The molecule has 1 aliphatic heterocycles. The van der Waals surface area contributed by atoms with Gasteiger partial charge in [-0.15, -0.1) is 0 Å². The van der Waals surface area contributed by atoms with Gasteiger partial charge >= 0.3 is 0 Å². The van der Waals surface area contributed by atoms with E-state index in [1.54, 1.807) is 6.07 Å². The average Bonchev–Trinajstić information content (AvgIpc) is 2.94. The zero-order valence-electron chi connectivity index (χ0n) is 9.71. The zero-order valence-corrected chi connectivity index (χ0v) is 9.71. The van der Waals surface area contributed by atoms with Crippen molar-refractivity contribution in [1.29, 1.82) is 0 Å². The van der Waals surface area contributed by atoms with Crippen molar-refractivity contribution in [2.45, 2.75) is 31.3 Å². The number of benzene rings is 1. The summed E-state index contributed by atoms with van der Waals surface area (Å²) >= 11 is 0. The molecule has 3 N–H and O–H groups in total. The SMILES string of the molecule is Nc1cc(F)c(C2CCNC2)cc1OC1CC1. The molecule has 3 rings (SSSR count). The minimum Gasteiger partial charge on any atom is -0.488 e. The molecule has 0 amide bonds. The predicted octanol–water partition coefficient (Wildman–Crippen LogP) is 2.03. The van der Waals surface area contributed by atoms with Crippen LogP contribution in [0.4, 0.5) is 10.1 Å². The normalized spacial score (nSPS) is 23.9. The third-order valence-electron chi connectivity index (χ3n) is 3.45. The molecule has 1 aliphatic carbocycles. The van der Waals surface area contributed by atoms with Crippen LogP contribution in [0.2, 0.25) is 0 Å². The van der Waals surface area contributed by atoms with Crippen molar-refractivity contribution in [3.8, 4) is 5.75 Å². The van der Waals surface area contributed by atoms with Gasteiger partial charge in [0.25, 0.3) is 0 Å². The molecule has 1 aromatic rings. The Labute approximate surface area is 100 Å². The van der Waals surface area contributed by atoms with Gasteiger partial charge < -0.3 is 15.8 Å². The summed E-state index contributed by atoms with van der Waals surface area (Å²) in [7, 11) is 0. The highest BCUT2D eigenvalue weighted by molar-refractivity contribution is 5.55. The van der Waals surface area contributed by atoms with Gasteiger partial charge in [-0.05, 0) is 37.4 Å². The van der Waals surface area contributed by atoms with E-state index >= 15 is 0 Å². The van der Waals surface area contributed by atoms with Crippen molar-refractivity contribution in [3.63, 3.8) is 0 Å². The molecule has 1 saturated carbocycles. The van der Waals surface area contributed by atoms with Gasteiger partial charge in [-0.2, -0.15) is 0 Å². The van der Waals surface area contributed by atoms with Crippen LogP contribution >= 0.6 is 0 Å². The number of ether oxygens (including phenoxy) is 1. The van der Waals surface area contributed by atoms with Gasteiger partial charge in [0.05, 0.1) is 11.8 Å². The van der Waals surface area contributed by atoms with Gasteiger partial charge in [-0.1, -0.05) is 0 Å². The largest absolute Gasteiger partial charge is 0.488 e. The summed E-state index contributed by atoms with van der Waals surface area (Å²) in [5, 5.41) is 3.25. The Morgan fingerprint density at radius 3 is 2.76 bits per heavy atom. The maximum atomic E-state index is 13.9. The molecule has 3 nitrogen and oxygen atoms in total. The number of hydrogen-bond acceptors (Lipinski definition) is 3. The van der Waals surface area contributed by atoms with Gasteiger partial charge in [-0.3, -0.25) is 0 Å². The molecule has 1 saturated heterocycles. The fourth-order valence-corrected chi connectivity index (χ4v) is 2.28. The Morgan fingerprint density at radius 2 is 2.12 bits per heavy atom. The van der Waals surface area contributed by atoms with Crippen LogP contribution < -0.4 is 15.8 Å². The van der Waals surface area contributed by atoms with Crippen molar-refractivity contribution in [2.24, 2.45) is 0 Å². The number of nitrogen functional groups attached to an aromatic ring is 1. The first-order valence-corrected chi connectivity index (χ1v) is 6.20. The van der Waals surface area contributed by atoms with Crippen LogP contribution in [0.25, 0.3) is 0 Å². The molecule has 92 valence electrons. The minimum absolute atomic E-state index is 0.209. The van der Waals surface area contributed by atoms with E-state index in [0.717, 1.165) is 37.9 Å². The van der Waals surface area contributed by atoms with Crippen LogP contribution in [-0.2, 0) is 0 Å². The van der Waals surface area contributed by atoms with Gasteiger partial charge in [0, 0.05) is 18.5 Å². The average molecular weight is 236 g/mol. The minimum atomic E-state index is -0.209. The van der Waals surface area contributed by atoms with Crippen LogP contribution in [0.15, 0.2) is 12.1 Å². The smallest absolute Gasteiger partial charge is 0.143 e. The lowest BCUT2D eigenvalue weighted by Gasteiger charge is -2.14. The first-order valence-electron chi connectivity index (χ1n) is 6.20. The second-order valence-corrected chi connectivity index (χ2v) is 4.92. The van der Waals surface area contributed by atoms with E-state index in [0.29, 0.717) is 11.4 Å². The summed E-state index contributed by atoms with van der Waals surface area (Å²) in [5.74, 6) is 0.687. The summed E-state index contributed by atoms with van der Waals surface area (Å²) in [4.78, 5) is 0. The molecule has 0 bridgehead atoms. The lowest BCUT2D eigenvalue weighted by molar-refractivity contribution is 0.304. The van der Waals surface area contributed by atoms with Crippen molar-refractivity contribution < 1.29 is 9.13 Å². The maximum Gasteiger partial charge on any atom is 0.143 e. The van der Waals surface area contributed by atoms with Crippen LogP contribution in [0, 0.1) is 5.82 Å². The van der Waals surface area contributed by atoms with Crippen LogP contribution in [0.5, 0.6) is 5.75 Å². The van der Waals surface area contributed by atoms with Gasteiger partial charge in [-0.25, -0.2) is 4.39 Å². The highest BCUT2D eigenvalue weighted by Gasteiger charge is 2.26. The molecule has 1 heterocycles. The number of halogens is 1. The quantitative estimate of drug-likeness (QED) is 0.789.